The van der Waals surface area contributed by atoms with Crippen LogP contribution in [0.5, 0.6) is 5.75 Å². The van der Waals surface area contributed by atoms with E-state index in [9.17, 15) is 14.7 Å². The molecule has 0 saturated heterocycles. The molecule has 0 saturated carbocycles. The summed E-state index contributed by atoms with van der Waals surface area (Å²) in [7, 11) is 0. The first-order chi connectivity index (χ1) is 9.97. The Labute approximate surface area is 126 Å². The lowest BCUT2D eigenvalue weighted by Crippen LogP contribution is -2.12. The van der Waals surface area contributed by atoms with Gasteiger partial charge in [0.1, 0.15) is 5.75 Å². The zero-order chi connectivity index (χ0) is 15.4. The first-order valence-corrected chi connectivity index (χ1v) is 6.46. The van der Waals surface area contributed by atoms with Crippen LogP contribution >= 0.6 is 11.6 Å². The summed E-state index contributed by atoms with van der Waals surface area (Å²) in [5, 5.41) is 10.1. The van der Waals surface area contributed by atoms with Gasteiger partial charge in [-0.05, 0) is 42.0 Å². The van der Waals surface area contributed by atoms with E-state index in [0.29, 0.717) is 5.02 Å². The lowest BCUT2D eigenvalue weighted by atomic mass is 10.0. The molecule has 2 aromatic rings. The van der Waals surface area contributed by atoms with Gasteiger partial charge in [0.2, 0.25) is 0 Å². The second-order valence-corrected chi connectivity index (χ2v) is 4.79. The Bertz CT molecular complexity index is 738. The molecule has 0 bridgehead atoms. The molecule has 2 rings (SSSR count). The molecule has 0 atom stereocenters. The molecule has 0 radical (unpaired) electrons. The van der Waals surface area contributed by atoms with Crippen LogP contribution in [0, 0.1) is 0 Å². The molecule has 0 spiro atoms. The maximum atomic E-state index is 12.0. The molecule has 3 N–H and O–H groups in total. The van der Waals surface area contributed by atoms with Crippen LogP contribution in [0.4, 0.5) is 0 Å². The number of carbonyl (C=O) groups excluding carboxylic acids is 2. The molecule has 4 nitrogen and oxygen atoms in total. The quantitative estimate of drug-likeness (QED) is 0.673. The third-order valence-electron chi connectivity index (χ3n) is 2.82. The van der Waals surface area contributed by atoms with E-state index in [1.807, 2.05) is 0 Å². The van der Waals surface area contributed by atoms with E-state index in [4.69, 9.17) is 17.3 Å². The average molecular weight is 302 g/mol. The van der Waals surface area contributed by atoms with Crippen molar-refractivity contribution in [2.75, 3.05) is 0 Å². The second-order valence-electron chi connectivity index (χ2n) is 4.35. The van der Waals surface area contributed by atoms with Crippen LogP contribution in [0.15, 0.2) is 48.5 Å². The van der Waals surface area contributed by atoms with E-state index >= 15 is 0 Å². The Morgan fingerprint density at radius 2 is 1.90 bits per heavy atom. The fourth-order valence-electron chi connectivity index (χ4n) is 1.77. The SMILES string of the molecule is NC(=O)c1cc(C(=O)/C=C/c2cccc(Cl)c2)ccc1O. The highest BCUT2D eigenvalue weighted by Gasteiger charge is 2.11. The minimum Gasteiger partial charge on any atom is -0.507 e. The monoisotopic (exact) mass is 301 g/mol. The predicted molar refractivity (Wildman–Crippen MR) is 81.4 cm³/mol. The zero-order valence-corrected chi connectivity index (χ0v) is 11.7. The first-order valence-electron chi connectivity index (χ1n) is 6.08. The number of nitrogens with two attached hydrogens (primary N) is 1. The number of hydrogen-bond donors (Lipinski definition) is 2. The molecule has 0 unspecified atom stereocenters. The van der Waals surface area contributed by atoms with Gasteiger partial charge in [-0.2, -0.15) is 0 Å². The molecule has 0 aliphatic carbocycles. The summed E-state index contributed by atoms with van der Waals surface area (Å²) in [5.41, 5.74) is 6.08. The molecule has 1 amide bonds. The van der Waals surface area contributed by atoms with E-state index in [-0.39, 0.29) is 22.7 Å². The van der Waals surface area contributed by atoms with Crippen molar-refractivity contribution >= 4 is 29.4 Å². The Balaban J connectivity index is 2.25. The summed E-state index contributed by atoms with van der Waals surface area (Å²) in [4.78, 5) is 23.2. The normalized spacial score (nSPS) is 10.7. The van der Waals surface area contributed by atoms with Gasteiger partial charge in [0, 0.05) is 10.6 Å². The van der Waals surface area contributed by atoms with Crippen molar-refractivity contribution in [1.82, 2.24) is 0 Å². The van der Waals surface area contributed by atoms with Crippen LogP contribution in [-0.2, 0) is 0 Å². The zero-order valence-electron chi connectivity index (χ0n) is 10.9. The highest BCUT2D eigenvalue weighted by Crippen LogP contribution is 2.19. The van der Waals surface area contributed by atoms with E-state index in [2.05, 4.69) is 0 Å². The molecule has 21 heavy (non-hydrogen) atoms. The van der Waals surface area contributed by atoms with Crippen molar-refractivity contribution in [3.05, 3.63) is 70.3 Å². The van der Waals surface area contributed by atoms with Gasteiger partial charge in [-0.25, -0.2) is 0 Å². The van der Waals surface area contributed by atoms with Crippen molar-refractivity contribution in [3.63, 3.8) is 0 Å². The van der Waals surface area contributed by atoms with Crippen molar-refractivity contribution in [2.45, 2.75) is 0 Å². The topological polar surface area (TPSA) is 80.4 Å². The minimum absolute atomic E-state index is 0.0861. The molecular formula is C16H12ClNO3. The fraction of sp³-hybridized carbons (Fsp3) is 0. The summed E-state index contributed by atoms with van der Waals surface area (Å²) < 4.78 is 0. The predicted octanol–water partition coefficient (Wildman–Crippen LogP) is 3.04. The van der Waals surface area contributed by atoms with Gasteiger partial charge >= 0.3 is 0 Å². The maximum Gasteiger partial charge on any atom is 0.252 e. The number of amides is 1. The number of allylic oxidation sites excluding steroid dienone is 1. The van der Waals surface area contributed by atoms with E-state index in [1.165, 1.54) is 24.3 Å². The van der Waals surface area contributed by atoms with E-state index in [1.54, 1.807) is 30.3 Å². The molecule has 0 heterocycles. The van der Waals surface area contributed by atoms with Crippen LogP contribution in [0.25, 0.3) is 6.08 Å². The Kier molecular flexibility index (Phi) is 4.40. The van der Waals surface area contributed by atoms with Crippen LogP contribution in [0.2, 0.25) is 5.02 Å². The molecule has 0 fully saturated rings. The number of primary amides is 1. The molecular weight excluding hydrogens is 290 g/mol. The first kappa shape index (κ1) is 14.8. The van der Waals surface area contributed by atoms with Gasteiger partial charge in [0.25, 0.3) is 5.91 Å². The average Bonchev–Trinajstić information content (AvgIpc) is 2.45. The highest BCUT2D eigenvalue weighted by molar-refractivity contribution is 6.30. The maximum absolute atomic E-state index is 12.0. The lowest BCUT2D eigenvalue weighted by Gasteiger charge is -2.02. The number of aromatic hydroxyl groups is 1. The van der Waals surface area contributed by atoms with Gasteiger partial charge in [-0.15, -0.1) is 0 Å². The number of hydrogen-bond acceptors (Lipinski definition) is 3. The van der Waals surface area contributed by atoms with Crippen molar-refractivity contribution in [2.24, 2.45) is 5.73 Å². The van der Waals surface area contributed by atoms with Gasteiger partial charge in [-0.3, -0.25) is 9.59 Å². The Morgan fingerprint density at radius 1 is 1.14 bits per heavy atom. The summed E-state index contributed by atoms with van der Waals surface area (Å²) in [6, 6.07) is 11.0. The number of ketones is 1. The van der Waals surface area contributed by atoms with Gasteiger partial charge in [0.15, 0.2) is 5.78 Å². The smallest absolute Gasteiger partial charge is 0.252 e. The standard InChI is InChI=1S/C16H12ClNO3/c17-12-3-1-2-10(8-12)4-6-14(19)11-5-7-15(20)13(9-11)16(18)21/h1-9,20H,(H2,18,21)/b6-4+. The summed E-state index contributed by atoms with van der Waals surface area (Å²) >= 11 is 5.85. The van der Waals surface area contributed by atoms with Crippen LogP contribution < -0.4 is 5.73 Å². The Morgan fingerprint density at radius 3 is 2.57 bits per heavy atom. The van der Waals surface area contributed by atoms with Crippen LogP contribution in [0.3, 0.4) is 0 Å². The second kappa shape index (κ2) is 6.24. The number of carbonyl (C=O) groups is 2. The molecule has 5 heteroatoms. The molecule has 0 aromatic heterocycles. The minimum atomic E-state index is -0.791. The number of halogens is 1. The van der Waals surface area contributed by atoms with E-state index in [0.717, 1.165) is 5.56 Å². The summed E-state index contributed by atoms with van der Waals surface area (Å²) in [6.45, 7) is 0. The summed E-state index contributed by atoms with van der Waals surface area (Å²) in [6.07, 6.45) is 2.98. The molecule has 0 aliphatic heterocycles. The third kappa shape index (κ3) is 3.70. The number of benzene rings is 2. The Hall–Kier alpha value is -2.59. The van der Waals surface area contributed by atoms with Crippen molar-refractivity contribution in [1.29, 1.82) is 0 Å². The molecule has 106 valence electrons. The fourth-order valence-corrected chi connectivity index (χ4v) is 1.96. The van der Waals surface area contributed by atoms with Crippen LogP contribution in [-0.4, -0.2) is 16.8 Å². The molecule has 2 aromatic carbocycles. The number of phenols is 1. The van der Waals surface area contributed by atoms with E-state index < -0.39 is 5.91 Å². The highest BCUT2D eigenvalue weighted by atomic mass is 35.5. The lowest BCUT2D eigenvalue weighted by molar-refractivity contribution is 0.0997. The van der Waals surface area contributed by atoms with Gasteiger partial charge in [0.05, 0.1) is 5.56 Å². The third-order valence-corrected chi connectivity index (χ3v) is 3.06. The van der Waals surface area contributed by atoms with Crippen molar-refractivity contribution in [3.8, 4) is 5.75 Å². The number of rotatable bonds is 4. The van der Waals surface area contributed by atoms with Crippen LogP contribution in [0.1, 0.15) is 26.3 Å². The van der Waals surface area contributed by atoms with Gasteiger partial charge in [-0.1, -0.05) is 29.8 Å². The summed E-state index contributed by atoms with van der Waals surface area (Å²) in [5.74, 6) is -1.35. The van der Waals surface area contributed by atoms with Gasteiger partial charge < -0.3 is 10.8 Å². The van der Waals surface area contributed by atoms with Crippen molar-refractivity contribution < 1.29 is 14.7 Å². The molecule has 0 aliphatic rings. The largest absolute Gasteiger partial charge is 0.507 e.